The van der Waals surface area contributed by atoms with Crippen LogP contribution in [0.1, 0.15) is 87.5 Å². The van der Waals surface area contributed by atoms with E-state index in [1.807, 2.05) is 41.5 Å². The summed E-state index contributed by atoms with van der Waals surface area (Å²) in [5.74, 6) is -0.388. The Morgan fingerprint density at radius 1 is 0.789 bits per heavy atom. The van der Waals surface area contributed by atoms with Gasteiger partial charge in [0.25, 0.3) is 0 Å². The number of anilines is 4. The summed E-state index contributed by atoms with van der Waals surface area (Å²) in [5.41, 5.74) is 7.76. The molecule has 2 atom stereocenters. The molecule has 0 bridgehead atoms. The molecular formula is C41H70N8O8. The summed E-state index contributed by atoms with van der Waals surface area (Å²) in [6.07, 6.45) is 12.1. The zero-order valence-electron chi connectivity index (χ0n) is 34.7. The smallest absolute Gasteiger partial charge is 0.410 e. The summed E-state index contributed by atoms with van der Waals surface area (Å²) in [5, 5.41) is 9.42. The third kappa shape index (κ3) is 20.9. The van der Waals surface area contributed by atoms with Gasteiger partial charge in [0.15, 0.2) is 0 Å². The molecule has 2 aliphatic heterocycles. The van der Waals surface area contributed by atoms with Crippen LogP contribution in [0.3, 0.4) is 0 Å². The third-order valence-electron chi connectivity index (χ3n) is 8.36. The lowest BCUT2D eigenvalue weighted by molar-refractivity contribution is -0.121. The Labute approximate surface area is 340 Å². The number of carbonyl (C=O) groups is 4. The topological polar surface area (TPSA) is 200 Å². The number of ether oxygens (including phenoxy) is 4. The molecule has 2 aromatic rings. The second-order valence-corrected chi connectivity index (χ2v) is 15.6. The number of pyridine rings is 2. The van der Waals surface area contributed by atoms with E-state index in [0.29, 0.717) is 38.5 Å². The molecule has 3 amide bonds. The number of rotatable bonds is 13. The van der Waals surface area contributed by atoms with Crippen LogP contribution >= 0.6 is 0 Å². The second kappa shape index (κ2) is 26.3. The highest BCUT2D eigenvalue weighted by Crippen LogP contribution is 2.24. The van der Waals surface area contributed by atoms with E-state index in [0.717, 1.165) is 81.6 Å². The Balaban J connectivity index is 0.000000471. The molecule has 57 heavy (non-hydrogen) atoms. The first-order valence-corrected chi connectivity index (χ1v) is 19.4. The van der Waals surface area contributed by atoms with Gasteiger partial charge in [-0.25, -0.2) is 9.59 Å². The molecular weight excluding hydrogens is 732 g/mol. The monoisotopic (exact) mass is 803 g/mol. The van der Waals surface area contributed by atoms with Gasteiger partial charge in [-0.3, -0.25) is 14.8 Å². The molecule has 4 rings (SSSR count). The lowest BCUT2D eigenvalue weighted by atomic mass is 9.97. The number of nitrogens with zero attached hydrogens (tertiary/aromatic N) is 4. The first-order chi connectivity index (χ1) is 26.6. The highest BCUT2D eigenvalue weighted by Gasteiger charge is 2.31. The van der Waals surface area contributed by atoms with Gasteiger partial charge < -0.3 is 55.2 Å². The van der Waals surface area contributed by atoms with Crippen LogP contribution in [-0.2, 0) is 28.5 Å². The SMILES string of the molecule is C.CC(C)(C)OC(=O)N1CCC[C@@H](C=O)C1.COCCCNc1cnccc1N.COCCCNc1cnccc1NC(=O)[C@@H]1CCCN(C(=O)OC(C)(C)C)C1. The van der Waals surface area contributed by atoms with E-state index < -0.39 is 11.2 Å². The van der Waals surface area contributed by atoms with E-state index in [1.54, 1.807) is 60.9 Å². The number of hydrogen-bond acceptors (Lipinski definition) is 13. The molecule has 0 spiro atoms. The van der Waals surface area contributed by atoms with E-state index >= 15 is 0 Å². The van der Waals surface area contributed by atoms with Crippen LogP contribution in [0.5, 0.6) is 0 Å². The molecule has 0 aromatic carbocycles. The Kier molecular flexibility index (Phi) is 23.2. The Bertz CT molecular complexity index is 1480. The molecule has 0 unspecified atom stereocenters. The molecule has 0 aliphatic carbocycles. The Morgan fingerprint density at radius 2 is 1.30 bits per heavy atom. The third-order valence-corrected chi connectivity index (χ3v) is 8.36. The highest BCUT2D eigenvalue weighted by molar-refractivity contribution is 5.96. The Morgan fingerprint density at radius 3 is 1.82 bits per heavy atom. The molecule has 322 valence electrons. The zero-order valence-corrected chi connectivity index (χ0v) is 34.7. The molecule has 2 fully saturated rings. The predicted octanol–water partition coefficient (Wildman–Crippen LogP) is 6.70. The van der Waals surface area contributed by atoms with Crippen molar-refractivity contribution in [3.63, 3.8) is 0 Å². The average Bonchev–Trinajstić information content (AvgIpc) is 3.15. The summed E-state index contributed by atoms with van der Waals surface area (Å²) in [6.45, 7) is 16.2. The van der Waals surface area contributed by atoms with Gasteiger partial charge in [-0.1, -0.05) is 7.43 Å². The second-order valence-electron chi connectivity index (χ2n) is 15.6. The molecule has 4 heterocycles. The van der Waals surface area contributed by atoms with Crippen LogP contribution in [0.4, 0.5) is 32.3 Å². The van der Waals surface area contributed by atoms with Gasteiger partial charge in [0.05, 0.1) is 41.1 Å². The fourth-order valence-electron chi connectivity index (χ4n) is 5.61. The predicted molar refractivity (Wildman–Crippen MR) is 225 cm³/mol. The number of nitrogen functional groups attached to an aromatic ring is 1. The van der Waals surface area contributed by atoms with Crippen LogP contribution in [0.25, 0.3) is 0 Å². The normalized spacial score (nSPS) is 16.6. The zero-order chi connectivity index (χ0) is 41.6. The van der Waals surface area contributed by atoms with E-state index in [9.17, 15) is 19.2 Å². The van der Waals surface area contributed by atoms with Gasteiger partial charge in [0.2, 0.25) is 5.91 Å². The van der Waals surface area contributed by atoms with Gasteiger partial charge in [-0.15, -0.1) is 0 Å². The standard InChI is InChI=1S/C20H32N4O4.C11H19NO3.C9H15N3O.CH4/c1-20(2,3)28-19(26)24-11-5-7-15(14-24)18(25)23-16-8-10-21-13-17(16)22-9-6-12-27-4;1-11(2,3)15-10(14)12-6-4-5-9(7-12)8-13;1-13-6-2-4-12-9-7-11-5-3-8(9)10;/h8,10,13,15,22H,5-7,9,11-12,14H2,1-4H3,(H,21,23,25);8-9H,4-7H2,1-3H3;3,5,7,12H,2,4,6H2,1H3,(H2,10,11);1H4/t15-;9-;;/m11../s1. The van der Waals surface area contributed by atoms with Gasteiger partial charge in [-0.2, -0.15) is 0 Å². The number of aldehydes is 1. The minimum absolute atomic E-state index is 0. The number of amides is 3. The van der Waals surface area contributed by atoms with E-state index in [1.165, 1.54) is 0 Å². The highest BCUT2D eigenvalue weighted by atomic mass is 16.6. The van der Waals surface area contributed by atoms with Crippen LogP contribution in [-0.4, -0.2) is 122 Å². The molecule has 16 nitrogen and oxygen atoms in total. The minimum atomic E-state index is -0.549. The molecule has 2 aromatic heterocycles. The summed E-state index contributed by atoms with van der Waals surface area (Å²) in [4.78, 5) is 58.7. The van der Waals surface area contributed by atoms with Crippen molar-refractivity contribution in [3.8, 4) is 0 Å². The van der Waals surface area contributed by atoms with Gasteiger partial charge in [0.1, 0.15) is 17.5 Å². The van der Waals surface area contributed by atoms with Crippen molar-refractivity contribution >= 4 is 47.1 Å². The summed E-state index contributed by atoms with van der Waals surface area (Å²) in [6, 6.07) is 3.55. The van der Waals surface area contributed by atoms with Gasteiger partial charge >= 0.3 is 12.2 Å². The van der Waals surface area contributed by atoms with Crippen LogP contribution in [0, 0.1) is 11.8 Å². The number of likely N-dealkylation sites (tertiary alicyclic amines) is 2. The molecule has 5 N–H and O–H groups in total. The van der Waals surface area contributed by atoms with Crippen molar-refractivity contribution in [1.29, 1.82) is 0 Å². The summed E-state index contributed by atoms with van der Waals surface area (Å²) in [7, 11) is 3.36. The number of aromatic nitrogens is 2. The number of hydrogen-bond donors (Lipinski definition) is 4. The van der Waals surface area contributed by atoms with E-state index in [4.69, 9.17) is 24.7 Å². The van der Waals surface area contributed by atoms with Crippen molar-refractivity contribution in [1.82, 2.24) is 19.8 Å². The van der Waals surface area contributed by atoms with Crippen molar-refractivity contribution in [2.45, 2.75) is 98.7 Å². The average molecular weight is 803 g/mol. The van der Waals surface area contributed by atoms with E-state index in [2.05, 4.69) is 25.9 Å². The quantitative estimate of drug-likeness (QED) is 0.123. The van der Waals surface area contributed by atoms with Crippen molar-refractivity contribution in [3.05, 3.63) is 36.9 Å². The maximum Gasteiger partial charge on any atom is 0.410 e. The number of nitrogens with two attached hydrogens (primary N) is 1. The van der Waals surface area contributed by atoms with Crippen molar-refractivity contribution in [2.75, 3.05) is 88.4 Å². The number of nitrogens with one attached hydrogen (secondary N) is 3. The molecule has 2 saturated heterocycles. The van der Waals surface area contributed by atoms with Crippen molar-refractivity contribution < 1.29 is 38.1 Å². The first kappa shape index (κ1) is 50.3. The number of methoxy groups -OCH3 is 2. The van der Waals surface area contributed by atoms with Gasteiger partial charge in [0, 0.05) is 85.0 Å². The lowest BCUT2D eigenvalue weighted by Crippen LogP contribution is -2.45. The van der Waals surface area contributed by atoms with E-state index in [-0.39, 0.29) is 37.4 Å². The van der Waals surface area contributed by atoms with Crippen LogP contribution < -0.4 is 21.7 Å². The largest absolute Gasteiger partial charge is 0.444 e. The number of carbonyl (C=O) groups excluding carboxylic acids is 4. The molecule has 0 radical (unpaired) electrons. The van der Waals surface area contributed by atoms with Gasteiger partial charge in [-0.05, 0) is 92.2 Å². The fourth-order valence-corrected chi connectivity index (χ4v) is 5.61. The maximum absolute atomic E-state index is 12.8. The van der Waals surface area contributed by atoms with Crippen LogP contribution in [0.15, 0.2) is 36.9 Å². The van der Waals surface area contributed by atoms with Crippen molar-refractivity contribution in [2.24, 2.45) is 11.8 Å². The van der Waals surface area contributed by atoms with Crippen LogP contribution in [0.2, 0.25) is 0 Å². The fraction of sp³-hybridized carbons (Fsp3) is 0.659. The lowest BCUT2D eigenvalue weighted by Gasteiger charge is -2.33. The molecule has 16 heteroatoms. The molecule has 0 saturated carbocycles. The minimum Gasteiger partial charge on any atom is -0.444 e. The Hall–Kier alpha value is -4.70. The first-order valence-electron chi connectivity index (χ1n) is 19.4. The maximum atomic E-state index is 12.8. The molecule has 2 aliphatic rings. The summed E-state index contributed by atoms with van der Waals surface area (Å²) < 4.78 is 20.6. The number of piperidine rings is 2. The summed E-state index contributed by atoms with van der Waals surface area (Å²) >= 11 is 0.